The van der Waals surface area contributed by atoms with Gasteiger partial charge >= 0.3 is 0 Å². The fourth-order valence-corrected chi connectivity index (χ4v) is 1.97. The van der Waals surface area contributed by atoms with Gasteiger partial charge in [-0.15, -0.1) is 0 Å². The molecule has 0 radical (unpaired) electrons. The molecule has 0 spiro atoms. The monoisotopic (exact) mass is 229 g/mol. The molecule has 5 heteroatoms. The van der Waals surface area contributed by atoms with Crippen LogP contribution < -0.4 is 11.1 Å². The molecule has 94 valence electrons. The summed E-state index contributed by atoms with van der Waals surface area (Å²) in [4.78, 5) is 13.4. The number of primary amides is 1. The first-order chi connectivity index (χ1) is 7.63. The normalized spacial score (nSPS) is 21.6. The van der Waals surface area contributed by atoms with E-state index in [4.69, 9.17) is 10.5 Å². The van der Waals surface area contributed by atoms with Crippen LogP contribution in [0.15, 0.2) is 0 Å². The van der Waals surface area contributed by atoms with E-state index < -0.39 is 0 Å². The van der Waals surface area contributed by atoms with Gasteiger partial charge in [0.15, 0.2) is 0 Å². The van der Waals surface area contributed by atoms with Crippen molar-refractivity contribution in [1.82, 2.24) is 10.2 Å². The summed E-state index contributed by atoms with van der Waals surface area (Å²) in [6, 6.07) is 0.0617. The van der Waals surface area contributed by atoms with Crippen LogP contribution in [0.3, 0.4) is 0 Å². The van der Waals surface area contributed by atoms with Crippen molar-refractivity contribution in [2.24, 2.45) is 5.73 Å². The number of hydrogen-bond donors (Lipinski definition) is 2. The van der Waals surface area contributed by atoms with E-state index in [2.05, 4.69) is 17.1 Å². The lowest BCUT2D eigenvalue weighted by atomic mass is 10.1. The maximum Gasteiger partial charge on any atom is 0.234 e. The smallest absolute Gasteiger partial charge is 0.234 e. The molecular formula is C11H23N3O2. The molecule has 0 aromatic rings. The Bertz CT molecular complexity index is 217. The van der Waals surface area contributed by atoms with Gasteiger partial charge in [0.1, 0.15) is 0 Å². The lowest BCUT2D eigenvalue weighted by Gasteiger charge is -2.30. The molecule has 1 rings (SSSR count). The first-order valence-corrected chi connectivity index (χ1v) is 5.99. The molecule has 1 amide bonds. The number of nitrogens with zero attached hydrogens (tertiary/aromatic N) is 1. The van der Waals surface area contributed by atoms with Gasteiger partial charge < -0.3 is 15.8 Å². The molecule has 0 bridgehead atoms. The number of amides is 1. The summed E-state index contributed by atoms with van der Waals surface area (Å²) in [7, 11) is 0. The summed E-state index contributed by atoms with van der Waals surface area (Å²) in [5, 5.41) is 3.26. The van der Waals surface area contributed by atoms with Crippen LogP contribution in [-0.4, -0.2) is 55.7 Å². The highest BCUT2D eigenvalue weighted by Gasteiger charge is 2.18. The van der Waals surface area contributed by atoms with Crippen LogP contribution >= 0.6 is 0 Å². The van der Waals surface area contributed by atoms with E-state index in [0.717, 1.165) is 39.3 Å². The van der Waals surface area contributed by atoms with Crippen molar-refractivity contribution < 1.29 is 9.53 Å². The SMILES string of the molecule is CCC(NC(C)CN1CCOCC1)C(N)=O. The molecule has 0 aromatic carbocycles. The number of morpholine rings is 1. The molecule has 3 N–H and O–H groups in total. The van der Waals surface area contributed by atoms with Crippen molar-refractivity contribution >= 4 is 5.91 Å². The number of rotatable bonds is 6. The maximum absolute atomic E-state index is 11.1. The molecule has 1 aliphatic rings. The Labute approximate surface area is 97.3 Å². The standard InChI is InChI=1S/C11H23N3O2/c1-3-10(11(12)15)13-9(2)8-14-4-6-16-7-5-14/h9-10,13H,3-8H2,1-2H3,(H2,12,15). The van der Waals surface area contributed by atoms with Gasteiger partial charge in [-0.2, -0.15) is 0 Å². The van der Waals surface area contributed by atoms with Crippen molar-refractivity contribution in [3.05, 3.63) is 0 Å². The minimum Gasteiger partial charge on any atom is -0.379 e. The van der Waals surface area contributed by atoms with Crippen LogP contribution in [0.1, 0.15) is 20.3 Å². The Morgan fingerprint density at radius 2 is 2.12 bits per heavy atom. The zero-order chi connectivity index (χ0) is 12.0. The lowest BCUT2D eigenvalue weighted by Crippen LogP contribution is -2.50. The molecule has 16 heavy (non-hydrogen) atoms. The van der Waals surface area contributed by atoms with Gasteiger partial charge in [0.05, 0.1) is 19.3 Å². The average molecular weight is 229 g/mol. The first kappa shape index (κ1) is 13.4. The molecule has 0 aliphatic carbocycles. The number of nitrogens with one attached hydrogen (secondary N) is 1. The molecule has 1 heterocycles. The third-order valence-electron chi connectivity index (χ3n) is 2.87. The predicted octanol–water partition coefficient (Wildman–Crippen LogP) is -0.439. The molecule has 0 saturated carbocycles. The molecule has 5 nitrogen and oxygen atoms in total. The quantitative estimate of drug-likeness (QED) is 0.648. The summed E-state index contributed by atoms with van der Waals surface area (Å²) >= 11 is 0. The highest BCUT2D eigenvalue weighted by atomic mass is 16.5. The van der Waals surface area contributed by atoms with Gasteiger partial charge in [0.25, 0.3) is 0 Å². The second-order valence-corrected chi connectivity index (χ2v) is 4.34. The molecule has 1 aliphatic heterocycles. The largest absolute Gasteiger partial charge is 0.379 e. The van der Waals surface area contributed by atoms with E-state index in [1.54, 1.807) is 0 Å². The van der Waals surface area contributed by atoms with Gasteiger partial charge in [-0.3, -0.25) is 9.69 Å². The lowest BCUT2D eigenvalue weighted by molar-refractivity contribution is -0.120. The summed E-state index contributed by atoms with van der Waals surface area (Å²) in [5.74, 6) is -0.267. The molecule has 0 aromatic heterocycles. The van der Waals surface area contributed by atoms with Crippen LogP contribution in [0.25, 0.3) is 0 Å². The molecule has 2 unspecified atom stereocenters. The Hall–Kier alpha value is -0.650. The zero-order valence-corrected chi connectivity index (χ0v) is 10.2. The number of carbonyl (C=O) groups is 1. The van der Waals surface area contributed by atoms with Gasteiger partial charge in [-0.05, 0) is 13.3 Å². The minimum atomic E-state index is -0.267. The van der Waals surface area contributed by atoms with Crippen molar-refractivity contribution in [2.45, 2.75) is 32.4 Å². The van der Waals surface area contributed by atoms with Gasteiger partial charge in [0.2, 0.25) is 5.91 Å². The molecular weight excluding hydrogens is 206 g/mol. The van der Waals surface area contributed by atoms with Crippen LogP contribution in [0, 0.1) is 0 Å². The van der Waals surface area contributed by atoms with Crippen molar-refractivity contribution in [2.75, 3.05) is 32.8 Å². The van der Waals surface area contributed by atoms with Crippen LogP contribution in [0.5, 0.6) is 0 Å². The Morgan fingerprint density at radius 1 is 1.50 bits per heavy atom. The Kier molecular flexibility index (Phi) is 5.73. The maximum atomic E-state index is 11.1. The second kappa shape index (κ2) is 6.83. The topological polar surface area (TPSA) is 67.6 Å². The fourth-order valence-electron chi connectivity index (χ4n) is 1.97. The van der Waals surface area contributed by atoms with E-state index in [0.29, 0.717) is 0 Å². The van der Waals surface area contributed by atoms with Crippen LogP contribution in [0.4, 0.5) is 0 Å². The van der Waals surface area contributed by atoms with Crippen molar-refractivity contribution in [3.8, 4) is 0 Å². The molecule has 1 fully saturated rings. The second-order valence-electron chi connectivity index (χ2n) is 4.34. The van der Waals surface area contributed by atoms with Crippen LogP contribution in [-0.2, 0) is 9.53 Å². The average Bonchev–Trinajstić information content (AvgIpc) is 2.27. The number of ether oxygens (including phenoxy) is 1. The van der Waals surface area contributed by atoms with Gasteiger partial charge in [-0.1, -0.05) is 6.92 Å². The Balaban J connectivity index is 2.27. The molecule has 2 atom stereocenters. The highest BCUT2D eigenvalue weighted by molar-refractivity contribution is 5.79. The third-order valence-corrected chi connectivity index (χ3v) is 2.87. The summed E-state index contributed by atoms with van der Waals surface area (Å²) in [6.07, 6.45) is 0.739. The first-order valence-electron chi connectivity index (χ1n) is 5.99. The van der Waals surface area contributed by atoms with Crippen LogP contribution in [0.2, 0.25) is 0 Å². The van der Waals surface area contributed by atoms with Crippen molar-refractivity contribution in [1.29, 1.82) is 0 Å². The number of hydrogen-bond acceptors (Lipinski definition) is 4. The molecule has 1 saturated heterocycles. The minimum absolute atomic E-state index is 0.212. The fraction of sp³-hybridized carbons (Fsp3) is 0.909. The number of carbonyl (C=O) groups excluding carboxylic acids is 1. The zero-order valence-electron chi connectivity index (χ0n) is 10.2. The van der Waals surface area contributed by atoms with E-state index in [-0.39, 0.29) is 18.0 Å². The summed E-state index contributed by atoms with van der Waals surface area (Å²) in [6.45, 7) is 8.54. The van der Waals surface area contributed by atoms with Gasteiger partial charge in [-0.25, -0.2) is 0 Å². The third kappa shape index (κ3) is 4.47. The summed E-state index contributed by atoms with van der Waals surface area (Å²) < 4.78 is 5.29. The number of nitrogens with two attached hydrogens (primary N) is 1. The van der Waals surface area contributed by atoms with Crippen molar-refractivity contribution in [3.63, 3.8) is 0 Å². The Morgan fingerprint density at radius 3 is 2.62 bits per heavy atom. The van der Waals surface area contributed by atoms with E-state index >= 15 is 0 Å². The van der Waals surface area contributed by atoms with Gasteiger partial charge in [0, 0.05) is 25.7 Å². The van der Waals surface area contributed by atoms with E-state index in [1.165, 1.54) is 0 Å². The van der Waals surface area contributed by atoms with E-state index in [9.17, 15) is 4.79 Å². The highest BCUT2D eigenvalue weighted by Crippen LogP contribution is 2.00. The predicted molar refractivity (Wildman–Crippen MR) is 63.1 cm³/mol. The van der Waals surface area contributed by atoms with E-state index in [1.807, 2.05) is 6.92 Å². The summed E-state index contributed by atoms with van der Waals surface area (Å²) in [5.41, 5.74) is 5.29.